The summed E-state index contributed by atoms with van der Waals surface area (Å²) in [4.78, 5) is 31.4. The number of aliphatic imine (C=N–C) groups is 2. The summed E-state index contributed by atoms with van der Waals surface area (Å²) in [5, 5.41) is 0. The minimum atomic E-state index is -0.296. The summed E-state index contributed by atoms with van der Waals surface area (Å²) in [5.41, 5.74) is 6.85. The van der Waals surface area contributed by atoms with Gasteiger partial charge in [-0.2, -0.15) is 0 Å². The molecule has 0 amide bonds. The summed E-state index contributed by atoms with van der Waals surface area (Å²) in [6.45, 7) is 0. The van der Waals surface area contributed by atoms with Crippen LogP contribution in [0.2, 0.25) is 0 Å². The monoisotopic (exact) mass is 738 g/mol. The average molecular weight is 734 g/mol. The van der Waals surface area contributed by atoms with Crippen molar-refractivity contribution in [3.63, 3.8) is 0 Å². The van der Waals surface area contributed by atoms with Gasteiger partial charge in [0.15, 0.2) is 0 Å². The van der Waals surface area contributed by atoms with E-state index in [9.17, 15) is 0 Å². The van der Waals surface area contributed by atoms with E-state index in [0.717, 1.165) is 0 Å². The zero-order valence-corrected chi connectivity index (χ0v) is 23.7. The molecule has 20 heteroatoms. The van der Waals surface area contributed by atoms with Gasteiger partial charge in [-0.15, -0.1) is 0 Å². The first kappa shape index (κ1) is 19.8. The van der Waals surface area contributed by atoms with Crippen LogP contribution < -0.4 is 31.6 Å². The maximum atomic E-state index is 4.75. The van der Waals surface area contributed by atoms with Gasteiger partial charge in [0.05, 0.1) is 0 Å². The Morgan fingerprint density at radius 2 is 1.44 bits per heavy atom. The van der Waals surface area contributed by atoms with Gasteiger partial charge >= 0.3 is 221 Å². The topological polar surface area (TPSA) is 212 Å². The van der Waals surface area contributed by atoms with Crippen LogP contribution in [0.3, 0.4) is 0 Å². The van der Waals surface area contributed by atoms with Crippen LogP contribution in [0, 0.1) is 0 Å². The first-order chi connectivity index (χ1) is 17.8. The van der Waals surface area contributed by atoms with Gasteiger partial charge in [-0.1, -0.05) is 0 Å². The van der Waals surface area contributed by atoms with Crippen molar-refractivity contribution in [2.24, 2.45) is 20.0 Å². The molecular weight excluding hydrogens is 732 g/mol. The van der Waals surface area contributed by atoms with Crippen molar-refractivity contribution in [2.45, 2.75) is 0 Å². The molecular formula is C16H2N16Se4. The molecule has 5 aromatic rings. The molecule has 2 N–H and O–H groups in total. The number of rotatable bonds is 0. The Morgan fingerprint density at radius 3 is 2.36 bits per heavy atom. The van der Waals surface area contributed by atoms with Crippen LogP contribution in [0.1, 0.15) is 11.4 Å². The van der Waals surface area contributed by atoms with Gasteiger partial charge in [-0.05, 0) is 0 Å². The molecule has 0 aromatic carbocycles. The Morgan fingerprint density at radius 1 is 0.667 bits per heavy atom. The maximum absolute atomic E-state index is 4.75. The molecule has 36 heavy (non-hydrogen) atoms. The fourth-order valence-electron chi connectivity index (χ4n) is 3.87. The summed E-state index contributed by atoms with van der Waals surface area (Å²) in [6, 6.07) is 0. The van der Waals surface area contributed by atoms with Crippen LogP contribution >= 0.6 is 0 Å². The molecule has 0 aliphatic carbocycles. The molecule has 5 aromatic heterocycles. The number of hydrogen-bond donors (Lipinski definition) is 2. The number of H-pyrrole nitrogens is 2. The Hall–Kier alpha value is -3.29. The van der Waals surface area contributed by atoms with E-state index >= 15 is 0 Å². The Bertz CT molecular complexity index is 2330. The van der Waals surface area contributed by atoms with E-state index in [1.54, 1.807) is 0 Å². The molecule has 0 unspecified atom stereocenters. The molecule has 4 aliphatic rings. The standard InChI is InChI=1S/C16HN16Se4/c17-9-1-2(26-33-25-1)10(17)22-12-5-6(30-35-29-5)14(19-12)24-16-8-7(31-36-32-8)15(20-16)23-13-4-3(27-34-28-4)11(18-13)21-9/h(H-,17,18,19,20,21,22,23,24,25,26,27,28,29,30,31,32)/q-1/p+1. The average Bonchev–Trinajstić information content (AvgIpc) is 3.67. The summed E-state index contributed by atoms with van der Waals surface area (Å²) >= 11 is -1.06. The quantitative estimate of drug-likeness (QED) is 0.112. The number of nitrogens with one attached hydrogen (secondary N) is 2. The molecule has 9 heterocycles. The van der Waals surface area contributed by atoms with E-state index in [1.165, 1.54) is 0 Å². The molecule has 0 spiro atoms. The summed E-state index contributed by atoms with van der Waals surface area (Å²) in [7, 11) is 0. The van der Waals surface area contributed by atoms with Crippen molar-refractivity contribution in [3.8, 4) is 11.4 Å². The molecule has 170 valence electrons. The van der Waals surface area contributed by atoms with E-state index < -0.39 is 0 Å². The molecule has 0 saturated carbocycles. The number of nitrogens with zero attached hydrogens (tertiary/aromatic N) is 14. The van der Waals surface area contributed by atoms with Crippen LogP contribution in [0.4, 0.5) is 11.6 Å². The number of aromatic amines is 2. The molecule has 0 radical (unpaired) electrons. The third-order valence-corrected chi connectivity index (χ3v) is 9.97. The number of hydrogen-bond acceptors (Lipinski definition) is 12. The molecule has 8 bridgehead atoms. The zero-order valence-electron chi connectivity index (χ0n) is 16.9. The predicted octanol–water partition coefficient (Wildman–Crippen LogP) is -5.47. The van der Waals surface area contributed by atoms with E-state index in [4.69, 9.17) is 19.6 Å². The van der Waals surface area contributed by atoms with E-state index in [1.807, 2.05) is 0 Å². The second-order valence-electron chi connectivity index (χ2n) is 7.44. The molecule has 0 atom stereocenters. The summed E-state index contributed by atoms with van der Waals surface area (Å²) in [6.07, 6.45) is 0. The van der Waals surface area contributed by atoms with Crippen LogP contribution in [0.25, 0.3) is 33.5 Å². The van der Waals surface area contributed by atoms with E-state index in [0.29, 0.717) is 90.1 Å². The second kappa shape index (κ2) is 7.14. The van der Waals surface area contributed by atoms with Crippen molar-refractivity contribution in [1.29, 1.82) is 0 Å². The van der Waals surface area contributed by atoms with Crippen molar-refractivity contribution in [2.75, 3.05) is 0 Å². The van der Waals surface area contributed by atoms with Gasteiger partial charge in [0.25, 0.3) is 0 Å². The summed E-state index contributed by atoms with van der Waals surface area (Å²) < 4.78 is 39.9. The minimum absolute atomic E-state index is 0.183. The molecule has 4 aliphatic heterocycles. The van der Waals surface area contributed by atoms with E-state index in [-0.39, 0.29) is 59.8 Å². The van der Waals surface area contributed by atoms with E-state index in [2.05, 4.69) is 51.8 Å². The van der Waals surface area contributed by atoms with Gasteiger partial charge in [0.1, 0.15) is 0 Å². The second-order valence-corrected chi connectivity index (χ2v) is 12.0. The van der Waals surface area contributed by atoms with Crippen LogP contribution in [-0.2, 0) is 0 Å². The van der Waals surface area contributed by atoms with Crippen LogP contribution in [-0.4, -0.2) is 113 Å². The van der Waals surface area contributed by atoms with Crippen molar-refractivity contribution in [3.05, 3.63) is 33.3 Å². The molecule has 0 saturated heterocycles. The van der Waals surface area contributed by atoms with Crippen LogP contribution in [0.15, 0.2) is 20.0 Å². The predicted molar refractivity (Wildman–Crippen MR) is 124 cm³/mol. The van der Waals surface area contributed by atoms with Crippen molar-refractivity contribution in [1.82, 2.24) is 51.5 Å². The van der Waals surface area contributed by atoms with Crippen molar-refractivity contribution >= 4 is 105 Å². The van der Waals surface area contributed by atoms with Crippen LogP contribution in [0.5, 0.6) is 0 Å². The third-order valence-electron chi connectivity index (χ3n) is 5.45. The fourth-order valence-corrected chi connectivity index (χ4v) is 8.53. The first-order valence-corrected chi connectivity index (χ1v) is 16.1. The van der Waals surface area contributed by atoms with Gasteiger partial charge in [-0.25, -0.2) is 0 Å². The van der Waals surface area contributed by atoms with Gasteiger partial charge in [-0.3, -0.25) is 0 Å². The Balaban J connectivity index is 1.51. The summed E-state index contributed by atoms with van der Waals surface area (Å²) in [5.74, 6) is 1.64. The first-order valence-electron chi connectivity index (χ1n) is 9.93. The third kappa shape index (κ3) is 2.67. The molecule has 16 nitrogen and oxygen atoms in total. The normalized spacial score (nSPS) is 14.3. The number of aromatic nitrogens is 11. The number of fused-ring (bicyclic) bond motifs is 19. The van der Waals surface area contributed by atoms with Crippen molar-refractivity contribution < 1.29 is 0 Å². The van der Waals surface area contributed by atoms with Gasteiger partial charge in [0, 0.05) is 0 Å². The molecule has 9 rings (SSSR count). The molecule has 0 fully saturated rings. The Labute approximate surface area is 220 Å². The van der Waals surface area contributed by atoms with Gasteiger partial charge in [0.2, 0.25) is 0 Å². The van der Waals surface area contributed by atoms with Gasteiger partial charge < -0.3 is 0 Å². The Kier molecular flexibility index (Phi) is 3.94. The fraction of sp³-hybridized carbons (Fsp3) is 0. The SMILES string of the molecule is N1=C2N=c3[nH]c(c4n[se]nc34)=[N+]=c3[n-]c(c4n[se]nc34)=Nc3nc(c4[nH][se]nc3-4)N=C1c1n[se]nc12. The zero-order chi connectivity index (χ0) is 23.4. The number of amidine groups is 2.